The molecule has 0 saturated carbocycles. The number of nitrogens with zero attached hydrogens (tertiary/aromatic N) is 1. The van der Waals surface area contributed by atoms with Gasteiger partial charge >= 0.3 is 0 Å². The van der Waals surface area contributed by atoms with Gasteiger partial charge in [0.2, 0.25) is 10.0 Å². The van der Waals surface area contributed by atoms with E-state index in [1.807, 2.05) is 32.9 Å². The third kappa shape index (κ3) is 5.02. The molecule has 1 saturated heterocycles. The van der Waals surface area contributed by atoms with E-state index >= 15 is 0 Å². The van der Waals surface area contributed by atoms with Gasteiger partial charge in [0.1, 0.15) is 0 Å². The summed E-state index contributed by atoms with van der Waals surface area (Å²) in [7, 11) is -3.48. The fraction of sp³-hybridized carbons (Fsp3) is 0.667. The van der Waals surface area contributed by atoms with Gasteiger partial charge in [-0.05, 0) is 44.7 Å². The summed E-state index contributed by atoms with van der Waals surface area (Å²) in [5, 5.41) is 0. The minimum atomic E-state index is -3.48. The molecule has 6 heteroatoms. The lowest BCUT2D eigenvalue weighted by molar-refractivity contribution is -0.0220. The molecule has 1 N–H and O–H groups in total. The Balaban J connectivity index is 1.97. The maximum atomic E-state index is 12.7. The van der Waals surface area contributed by atoms with Crippen LogP contribution >= 0.6 is 0 Å². The second-order valence-electron chi connectivity index (χ2n) is 7.13. The van der Waals surface area contributed by atoms with E-state index in [0.717, 1.165) is 42.9 Å². The molecule has 0 bridgehead atoms. The molecule has 0 aliphatic carbocycles. The fourth-order valence-corrected chi connectivity index (χ4v) is 5.09. The Morgan fingerprint density at radius 3 is 2.50 bits per heavy atom. The van der Waals surface area contributed by atoms with Crippen molar-refractivity contribution in [3.05, 3.63) is 28.8 Å². The van der Waals surface area contributed by atoms with Crippen LogP contribution in [0.5, 0.6) is 0 Å². The topological polar surface area (TPSA) is 58.6 Å². The highest BCUT2D eigenvalue weighted by atomic mass is 32.2. The maximum Gasteiger partial charge on any atom is 0.241 e. The van der Waals surface area contributed by atoms with Gasteiger partial charge in [-0.1, -0.05) is 24.6 Å². The third-order valence-electron chi connectivity index (χ3n) is 4.39. The van der Waals surface area contributed by atoms with Gasteiger partial charge in [0, 0.05) is 26.2 Å². The average molecular weight is 355 g/mol. The molecule has 1 aromatic rings. The molecule has 1 fully saturated rings. The lowest BCUT2D eigenvalue weighted by atomic mass is 10.1. The fourth-order valence-electron chi connectivity index (χ4n) is 3.48. The van der Waals surface area contributed by atoms with E-state index in [0.29, 0.717) is 11.4 Å². The minimum absolute atomic E-state index is 0.246. The number of nitrogens with one attached hydrogen (secondary N) is 1. The number of sulfonamides is 1. The van der Waals surface area contributed by atoms with Crippen LogP contribution in [0.2, 0.25) is 0 Å². The van der Waals surface area contributed by atoms with Gasteiger partial charge in [-0.25, -0.2) is 13.1 Å². The molecule has 24 heavy (non-hydrogen) atoms. The molecule has 0 radical (unpaired) electrons. The highest BCUT2D eigenvalue weighted by Crippen LogP contribution is 2.21. The van der Waals surface area contributed by atoms with E-state index < -0.39 is 10.0 Å². The molecule has 2 atom stereocenters. The van der Waals surface area contributed by atoms with E-state index in [-0.39, 0.29) is 12.0 Å². The van der Waals surface area contributed by atoms with Crippen LogP contribution in [0.25, 0.3) is 0 Å². The van der Waals surface area contributed by atoms with E-state index in [1.165, 1.54) is 0 Å². The normalized spacial score (nSPS) is 21.0. The van der Waals surface area contributed by atoms with Gasteiger partial charge in [0.25, 0.3) is 0 Å². The molecule has 5 nitrogen and oxygen atoms in total. The number of hydrogen-bond acceptors (Lipinski definition) is 4. The van der Waals surface area contributed by atoms with Crippen molar-refractivity contribution in [2.75, 3.05) is 32.8 Å². The molecule has 0 aromatic heterocycles. The SMILES string of the molecule is Cc1cc(C)c(S(=O)(=O)NCC(C)CN2CCOC(C)C2)c(C)c1. The van der Waals surface area contributed by atoms with Crippen molar-refractivity contribution >= 4 is 10.0 Å². The molecule has 1 heterocycles. The van der Waals surface area contributed by atoms with Crippen molar-refractivity contribution in [1.82, 2.24) is 9.62 Å². The van der Waals surface area contributed by atoms with Gasteiger partial charge in [-0.2, -0.15) is 0 Å². The summed E-state index contributed by atoms with van der Waals surface area (Å²) in [5.74, 6) is 0.246. The zero-order chi connectivity index (χ0) is 17.9. The van der Waals surface area contributed by atoms with Crippen molar-refractivity contribution in [3.8, 4) is 0 Å². The number of benzene rings is 1. The summed E-state index contributed by atoms with van der Waals surface area (Å²) in [6.07, 6.45) is 0.250. The molecular weight excluding hydrogens is 324 g/mol. The van der Waals surface area contributed by atoms with Crippen LogP contribution in [0.3, 0.4) is 0 Å². The first kappa shape index (κ1) is 19.4. The van der Waals surface area contributed by atoms with E-state index in [2.05, 4.69) is 23.5 Å². The third-order valence-corrected chi connectivity index (χ3v) is 6.12. The second kappa shape index (κ2) is 7.95. The van der Waals surface area contributed by atoms with Crippen LogP contribution in [0, 0.1) is 26.7 Å². The summed E-state index contributed by atoms with van der Waals surface area (Å²) >= 11 is 0. The zero-order valence-corrected chi connectivity index (χ0v) is 16.2. The Morgan fingerprint density at radius 2 is 1.92 bits per heavy atom. The van der Waals surface area contributed by atoms with Crippen LogP contribution < -0.4 is 4.72 Å². The second-order valence-corrected chi connectivity index (χ2v) is 8.83. The van der Waals surface area contributed by atoms with Crippen LogP contribution in [-0.4, -0.2) is 52.2 Å². The summed E-state index contributed by atoms with van der Waals surface area (Å²) < 4.78 is 33.7. The molecule has 136 valence electrons. The molecule has 1 aliphatic rings. The van der Waals surface area contributed by atoms with Crippen LogP contribution in [0.15, 0.2) is 17.0 Å². The lowest BCUT2D eigenvalue weighted by Crippen LogP contribution is -2.44. The largest absolute Gasteiger partial charge is 0.376 e. The van der Waals surface area contributed by atoms with Crippen molar-refractivity contribution in [3.63, 3.8) is 0 Å². The van der Waals surface area contributed by atoms with E-state index in [1.54, 1.807) is 0 Å². The van der Waals surface area contributed by atoms with Gasteiger partial charge in [0.05, 0.1) is 17.6 Å². The zero-order valence-electron chi connectivity index (χ0n) is 15.4. The van der Waals surface area contributed by atoms with Crippen molar-refractivity contribution in [2.24, 2.45) is 5.92 Å². The first-order valence-electron chi connectivity index (χ1n) is 8.60. The Hall–Kier alpha value is -0.950. The predicted octanol–water partition coefficient (Wildman–Crippen LogP) is 2.25. The Kier molecular flexibility index (Phi) is 6.42. The van der Waals surface area contributed by atoms with Gasteiger partial charge < -0.3 is 4.74 Å². The highest BCUT2D eigenvalue weighted by Gasteiger charge is 2.22. The number of aryl methyl sites for hydroxylation is 3. The summed E-state index contributed by atoms with van der Waals surface area (Å²) in [6.45, 7) is 13.7. The molecule has 0 amide bonds. The number of rotatable bonds is 6. The van der Waals surface area contributed by atoms with Gasteiger partial charge in [-0.3, -0.25) is 4.90 Å². The molecule has 2 unspecified atom stereocenters. The maximum absolute atomic E-state index is 12.7. The quantitative estimate of drug-likeness (QED) is 0.851. The monoisotopic (exact) mass is 354 g/mol. The molecular formula is C18H30N2O3S. The average Bonchev–Trinajstić information content (AvgIpc) is 2.44. The number of morpholine rings is 1. The highest BCUT2D eigenvalue weighted by molar-refractivity contribution is 7.89. The Morgan fingerprint density at radius 1 is 1.29 bits per heavy atom. The summed E-state index contributed by atoms with van der Waals surface area (Å²) in [6, 6.07) is 3.83. The first-order chi connectivity index (χ1) is 11.2. The van der Waals surface area contributed by atoms with Crippen LogP contribution in [-0.2, 0) is 14.8 Å². The van der Waals surface area contributed by atoms with E-state index in [9.17, 15) is 8.42 Å². The summed E-state index contributed by atoms with van der Waals surface area (Å²) in [5.41, 5.74) is 2.68. The van der Waals surface area contributed by atoms with E-state index in [4.69, 9.17) is 4.74 Å². The molecule has 1 aromatic carbocycles. The predicted molar refractivity (Wildman–Crippen MR) is 96.9 cm³/mol. The number of ether oxygens (including phenoxy) is 1. The first-order valence-corrected chi connectivity index (χ1v) is 10.1. The summed E-state index contributed by atoms with van der Waals surface area (Å²) in [4.78, 5) is 2.76. The van der Waals surface area contributed by atoms with Crippen LogP contribution in [0.1, 0.15) is 30.5 Å². The minimum Gasteiger partial charge on any atom is -0.376 e. The van der Waals surface area contributed by atoms with Crippen molar-refractivity contribution in [2.45, 2.75) is 45.6 Å². The van der Waals surface area contributed by atoms with Crippen molar-refractivity contribution in [1.29, 1.82) is 0 Å². The smallest absolute Gasteiger partial charge is 0.241 e. The van der Waals surface area contributed by atoms with Crippen molar-refractivity contribution < 1.29 is 13.2 Å². The Labute approximate surface area is 146 Å². The molecule has 2 rings (SSSR count). The standard InChI is InChI=1S/C18H30N2O3S/c1-13-8-15(3)18(16(4)9-13)24(21,22)19-10-14(2)11-20-6-7-23-17(5)12-20/h8-9,14,17,19H,6-7,10-12H2,1-5H3. The van der Waals surface area contributed by atoms with Crippen LogP contribution in [0.4, 0.5) is 0 Å². The molecule has 1 aliphatic heterocycles. The lowest BCUT2D eigenvalue weighted by Gasteiger charge is -2.32. The molecule has 0 spiro atoms. The Bertz CT molecular complexity index is 650. The number of hydrogen-bond donors (Lipinski definition) is 1. The van der Waals surface area contributed by atoms with Gasteiger partial charge in [0.15, 0.2) is 0 Å². The van der Waals surface area contributed by atoms with Gasteiger partial charge in [-0.15, -0.1) is 0 Å².